The molecule has 0 saturated heterocycles. The van der Waals surface area contributed by atoms with Crippen LogP contribution in [0.1, 0.15) is 26.7 Å². The van der Waals surface area contributed by atoms with Gasteiger partial charge < -0.3 is 15.2 Å². The van der Waals surface area contributed by atoms with Crippen molar-refractivity contribution in [1.29, 1.82) is 0 Å². The lowest BCUT2D eigenvalue weighted by Gasteiger charge is -2.15. The minimum atomic E-state index is -4.05. The molecule has 0 spiro atoms. The average molecular weight is 483 g/mol. The SMILES string of the molecule is CC(C)COC(=O)NCCC[C@H](NS(=O)(=O)c1ccc(-c2ccc(Cl)cc2)cc1)C(=O)O. The molecule has 1 atom stereocenters. The van der Waals surface area contributed by atoms with E-state index in [9.17, 15) is 23.1 Å². The summed E-state index contributed by atoms with van der Waals surface area (Å²) in [6.45, 7) is 4.25. The van der Waals surface area contributed by atoms with Crippen LogP contribution in [0.4, 0.5) is 4.79 Å². The van der Waals surface area contributed by atoms with Crippen LogP contribution >= 0.6 is 11.6 Å². The largest absolute Gasteiger partial charge is 0.480 e. The van der Waals surface area contributed by atoms with E-state index in [1.165, 1.54) is 12.1 Å². The zero-order chi connectivity index (χ0) is 23.7. The van der Waals surface area contributed by atoms with Crippen LogP contribution in [0.5, 0.6) is 0 Å². The van der Waals surface area contributed by atoms with Gasteiger partial charge in [0.1, 0.15) is 6.04 Å². The van der Waals surface area contributed by atoms with Gasteiger partial charge in [-0.2, -0.15) is 4.72 Å². The Hall–Kier alpha value is -2.62. The average Bonchev–Trinajstić information content (AvgIpc) is 2.75. The first kappa shape index (κ1) is 25.6. The van der Waals surface area contributed by atoms with Gasteiger partial charge in [0, 0.05) is 11.6 Å². The van der Waals surface area contributed by atoms with E-state index in [4.69, 9.17) is 16.3 Å². The normalized spacial score (nSPS) is 12.4. The lowest BCUT2D eigenvalue weighted by atomic mass is 10.1. The Labute approximate surface area is 193 Å². The number of carboxylic acid groups (broad SMARTS) is 1. The van der Waals surface area contributed by atoms with Crippen molar-refractivity contribution < 1.29 is 27.9 Å². The maximum Gasteiger partial charge on any atom is 0.407 e. The molecule has 0 heterocycles. The minimum Gasteiger partial charge on any atom is -0.480 e. The number of aliphatic carboxylic acids is 1. The molecular weight excluding hydrogens is 456 g/mol. The molecule has 2 aromatic rings. The fourth-order valence-electron chi connectivity index (χ4n) is 2.75. The molecule has 0 aliphatic carbocycles. The summed E-state index contributed by atoms with van der Waals surface area (Å²) in [5, 5.41) is 12.5. The number of sulfonamides is 1. The van der Waals surface area contributed by atoms with Crippen molar-refractivity contribution >= 4 is 33.7 Å². The number of alkyl carbamates (subject to hydrolysis) is 1. The second kappa shape index (κ2) is 11.8. The minimum absolute atomic E-state index is 0.00187. The summed E-state index contributed by atoms with van der Waals surface area (Å²) in [5.74, 6) is -1.10. The zero-order valence-electron chi connectivity index (χ0n) is 17.9. The third kappa shape index (κ3) is 8.14. The topological polar surface area (TPSA) is 122 Å². The molecule has 10 heteroatoms. The first-order chi connectivity index (χ1) is 15.1. The van der Waals surface area contributed by atoms with Crippen molar-refractivity contribution in [2.24, 2.45) is 5.92 Å². The predicted molar refractivity (Wildman–Crippen MR) is 122 cm³/mol. The summed E-state index contributed by atoms with van der Waals surface area (Å²) in [6, 6.07) is 11.9. The number of nitrogens with one attached hydrogen (secondary N) is 2. The third-order valence-electron chi connectivity index (χ3n) is 4.42. The number of benzene rings is 2. The molecule has 0 aliphatic heterocycles. The molecule has 3 N–H and O–H groups in total. The van der Waals surface area contributed by atoms with Gasteiger partial charge in [-0.25, -0.2) is 13.2 Å². The highest BCUT2D eigenvalue weighted by Crippen LogP contribution is 2.23. The van der Waals surface area contributed by atoms with Crippen molar-refractivity contribution in [3.05, 3.63) is 53.6 Å². The highest BCUT2D eigenvalue weighted by Gasteiger charge is 2.25. The van der Waals surface area contributed by atoms with Crippen molar-refractivity contribution in [3.63, 3.8) is 0 Å². The molecule has 0 bridgehead atoms. The smallest absolute Gasteiger partial charge is 0.407 e. The Balaban J connectivity index is 1.94. The Morgan fingerprint density at radius 3 is 2.12 bits per heavy atom. The number of carbonyl (C=O) groups excluding carboxylic acids is 1. The number of hydrogen-bond donors (Lipinski definition) is 3. The second-order valence-electron chi connectivity index (χ2n) is 7.60. The molecule has 2 aromatic carbocycles. The fourth-order valence-corrected chi connectivity index (χ4v) is 4.10. The van der Waals surface area contributed by atoms with Crippen LogP contribution in [-0.4, -0.2) is 44.8 Å². The van der Waals surface area contributed by atoms with Crippen molar-refractivity contribution in [1.82, 2.24) is 10.0 Å². The predicted octanol–water partition coefficient (Wildman–Crippen LogP) is 3.90. The maximum atomic E-state index is 12.6. The molecule has 0 fully saturated rings. The summed E-state index contributed by atoms with van der Waals surface area (Å²) in [5.41, 5.74) is 1.67. The molecule has 0 aliphatic rings. The number of amides is 1. The number of hydrogen-bond acceptors (Lipinski definition) is 5. The molecule has 32 heavy (non-hydrogen) atoms. The first-order valence-corrected chi connectivity index (χ1v) is 12.0. The van der Waals surface area contributed by atoms with E-state index in [1.807, 2.05) is 26.0 Å². The molecule has 174 valence electrons. The van der Waals surface area contributed by atoms with Gasteiger partial charge in [-0.05, 0) is 54.2 Å². The summed E-state index contributed by atoms with van der Waals surface area (Å²) in [7, 11) is -4.05. The van der Waals surface area contributed by atoms with Crippen LogP contribution < -0.4 is 10.0 Å². The van der Waals surface area contributed by atoms with Gasteiger partial charge in [0.05, 0.1) is 11.5 Å². The number of carbonyl (C=O) groups is 2. The highest BCUT2D eigenvalue weighted by molar-refractivity contribution is 7.89. The Morgan fingerprint density at radius 1 is 1.03 bits per heavy atom. The summed E-state index contributed by atoms with van der Waals surface area (Å²) >= 11 is 5.88. The van der Waals surface area contributed by atoms with E-state index < -0.39 is 28.1 Å². The highest BCUT2D eigenvalue weighted by atomic mass is 35.5. The van der Waals surface area contributed by atoms with E-state index in [2.05, 4.69) is 10.0 Å². The quantitative estimate of drug-likeness (QED) is 0.417. The first-order valence-electron chi connectivity index (χ1n) is 10.1. The van der Waals surface area contributed by atoms with Crippen molar-refractivity contribution in [3.8, 4) is 11.1 Å². The van der Waals surface area contributed by atoms with Gasteiger partial charge in [-0.3, -0.25) is 4.79 Å². The Bertz CT molecular complexity index is 1010. The van der Waals surface area contributed by atoms with E-state index in [1.54, 1.807) is 24.3 Å². The van der Waals surface area contributed by atoms with E-state index in [-0.39, 0.29) is 36.8 Å². The molecular formula is C22H27ClN2O6S. The van der Waals surface area contributed by atoms with Crippen LogP contribution in [0.3, 0.4) is 0 Å². The summed E-state index contributed by atoms with van der Waals surface area (Å²) in [6.07, 6.45) is -0.333. The monoisotopic (exact) mass is 482 g/mol. The fraction of sp³-hybridized carbons (Fsp3) is 0.364. The Morgan fingerprint density at radius 2 is 1.59 bits per heavy atom. The van der Waals surface area contributed by atoms with Gasteiger partial charge in [0.25, 0.3) is 0 Å². The number of rotatable bonds is 11. The Kier molecular flexibility index (Phi) is 9.49. The molecule has 8 nitrogen and oxygen atoms in total. The van der Waals surface area contributed by atoms with Gasteiger partial charge in [0.15, 0.2) is 0 Å². The maximum absolute atomic E-state index is 12.6. The van der Waals surface area contributed by atoms with Crippen LogP contribution in [0.25, 0.3) is 11.1 Å². The zero-order valence-corrected chi connectivity index (χ0v) is 19.4. The summed E-state index contributed by atoms with van der Waals surface area (Å²) < 4.78 is 32.5. The van der Waals surface area contributed by atoms with Gasteiger partial charge in [0.2, 0.25) is 10.0 Å². The van der Waals surface area contributed by atoms with Crippen molar-refractivity contribution in [2.45, 2.75) is 37.6 Å². The van der Waals surface area contributed by atoms with Gasteiger partial charge in [-0.1, -0.05) is 49.7 Å². The van der Waals surface area contributed by atoms with Gasteiger partial charge in [-0.15, -0.1) is 0 Å². The number of carboxylic acids is 1. The summed E-state index contributed by atoms with van der Waals surface area (Å²) in [4.78, 5) is 23.0. The number of ether oxygens (including phenoxy) is 1. The van der Waals surface area contributed by atoms with Crippen LogP contribution in [-0.2, 0) is 19.6 Å². The molecule has 0 aromatic heterocycles. The van der Waals surface area contributed by atoms with E-state index >= 15 is 0 Å². The molecule has 1 amide bonds. The second-order valence-corrected chi connectivity index (χ2v) is 9.76. The third-order valence-corrected chi connectivity index (χ3v) is 6.16. The van der Waals surface area contributed by atoms with Crippen molar-refractivity contribution in [2.75, 3.05) is 13.2 Å². The van der Waals surface area contributed by atoms with Crippen LogP contribution in [0.2, 0.25) is 5.02 Å². The van der Waals surface area contributed by atoms with Crippen LogP contribution in [0, 0.1) is 5.92 Å². The molecule has 2 rings (SSSR count). The molecule has 0 radical (unpaired) electrons. The standard InChI is InChI=1S/C22H27ClN2O6S/c1-15(2)14-31-22(28)24-13-3-4-20(21(26)27)25-32(29,30)19-11-7-17(8-12-19)16-5-9-18(23)10-6-16/h5-12,15,20,25H,3-4,13-14H2,1-2H3,(H,24,28)(H,26,27)/t20-/m0/s1. The van der Waals surface area contributed by atoms with E-state index in [0.29, 0.717) is 5.02 Å². The lowest BCUT2D eigenvalue weighted by Crippen LogP contribution is -2.41. The molecule has 0 saturated carbocycles. The number of halogens is 1. The molecule has 0 unspecified atom stereocenters. The lowest BCUT2D eigenvalue weighted by molar-refractivity contribution is -0.139. The van der Waals surface area contributed by atoms with E-state index in [0.717, 1.165) is 11.1 Å². The van der Waals surface area contributed by atoms with Crippen LogP contribution in [0.15, 0.2) is 53.4 Å². The van der Waals surface area contributed by atoms with Gasteiger partial charge >= 0.3 is 12.1 Å².